The molecule has 3 nitrogen and oxygen atoms in total. The van der Waals surface area contributed by atoms with Crippen molar-refractivity contribution in [2.24, 2.45) is 5.92 Å². The zero-order chi connectivity index (χ0) is 15.2. The van der Waals surface area contributed by atoms with Gasteiger partial charge in [0.15, 0.2) is 0 Å². The summed E-state index contributed by atoms with van der Waals surface area (Å²) in [6.07, 6.45) is 2.71. The van der Waals surface area contributed by atoms with E-state index in [2.05, 4.69) is 49.2 Å². The molecule has 0 bridgehead atoms. The Balaban J connectivity index is 1.92. The quantitative estimate of drug-likeness (QED) is 0.869. The van der Waals surface area contributed by atoms with E-state index in [1.54, 1.807) is 0 Å². The summed E-state index contributed by atoms with van der Waals surface area (Å²) in [7, 11) is 1.82. The standard InChI is InChI=1S/C18H30N2O/c1-14(2)12-19-13-16-5-6-17(11-15(16)3)20-9-7-18(21-4)8-10-20/h5-6,11,14,18-19H,7-10,12-13H2,1-4H3. The maximum absolute atomic E-state index is 5.45. The fourth-order valence-corrected chi connectivity index (χ4v) is 2.92. The maximum atomic E-state index is 5.45. The average Bonchev–Trinajstić information content (AvgIpc) is 2.48. The number of hydrogen-bond acceptors (Lipinski definition) is 3. The zero-order valence-electron chi connectivity index (χ0n) is 14.0. The van der Waals surface area contributed by atoms with Crippen molar-refractivity contribution in [3.05, 3.63) is 29.3 Å². The first-order valence-corrected chi connectivity index (χ1v) is 8.18. The minimum atomic E-state index is 0.446. The molecular formula is C18H30N2O. The van der Waals surface area contributed by atoms with E-state index in [1.807, 2.05) is 7.11 Å². The van der Waals surface area contributed by atoms with Gasteiger partial charge in [0.2, 0.25) is 0 Å². The molecule has 0 aliphatic carbocycles. The molecule has 1 aromatic rings. The molecule has 0 amide bonds. The molecule has 1 fully saturated rings. The highest BCUT2D eigenvalue weighted by molar-refractivity contribution is 5.51. The Kier molecular flexibility index (Phi) is 6.07. The van der Waals surface area contributed by atoms with Crippen LogP contribution in [0.3, 0.4) is 0 Å². The van der Waals surface area contributed by atoms with Gasteiger partial charge in [-0.05, 0) is 55.5 Å². The molecule has 118 valence electrons. The van der Waals surface area contributed by atoms with Crippen LogP contribution in [-0.4, -0.2) is 32.8 Å². The van der Waals surface area contributed by atoms with Crippen LogP contribution in [0, 0.1) is 12.8 Å². The van der Waals surface area contributed by atoms with Gasteiger partial charge in [-0.15, -0.1) is 0 Å². The molecule has 0 atom stereocenters. The molecule has 21 heavy (non-hydrogen) atoms. The first kappa shape index (κ1) is 16.3. The van der Waals surface area contributed by atoms with Gasteiger partial charge in [-0.2, -0.15) is 0 Å². The molecule has 1 heterocycles. The molecule has 0 radical (unpaired) electrons. The van der Waals surface area contributed by atoms with E-state index in [0.29, 0.717) is 12.0 Å². The van der Waals surface area contributed by atoms with Crippen LogP contribution < -0.4 is 10.2 Å². The minimum Gasteiger partial charge on any atom is -0.381 e. The number of aryl methyl sites for hydroxylation is 1. The highest BCUT2D eigenvalue weighted by atomic mass is 16.5. The second-order valence-corrected chi connectivity index (χ2v) is 6.56. The van der Waals surface area contributed by atoms with Gasteiger partial charge in [-0.1, -0.05) is 19.9 Å². The van der Waals surface area contributed by atoms with Crippen LogP contribution in [0.1, 0.15) is 37.8 Å². The summed E-state index contributed by atoms with van der Waals surface area (Å²) in [5.74, 6) is 0.701. The van der Waals surface area contributed by atoms with Crippen LogP contribution in [0.15, 0.2) is 18.2 Å². The third-order valence-electron chi connectivity index (χ3n) is 4.33. The highest BCUT2D eigenvalue weighted by Gasteiger charge is 2.19. The Morgan fingerprint density at radius 2 is 2.00 bits per heavy atom. The van der Waals surface area contributed by atoms with Gasteiger partial charge in [0.25, 0.3) is 0 Å². The van der Waals surface area contributed by atoms with Gasteiger partial charge in [0.1, 0.15) is 0 Å². The minimum absolute atomic E-state index is 0.446. The van der Waals surface area contributed by atoms with E-state index >= 15 is 0 Å². The van der Waals surface area contributed by atoms with E-state index in [9.17, 15) is 0 Å². The van der Waals surface area contributed by atoms with Crippen LogP contribution in [0.2, 0.25) is 0 Å². The Bertz CT molecular complexity index is 437. The van der Waals surface area contributed by atoms with Crippen molar-refractivity contribution in [2.75, 3.05) is 31.6 Å². The van der Waals surface area contributed by atoms with Gasteiger partial charge < -0.3 is 15.0 Å². The number of rotatable bonds is 6. The third kappa shape index (κ3) is 4.72. The molecule has 2 rings (SSSR count). The van der Waals surface area contributed by atoms with E-state index < -0.39 is 0 Å². The van der Waals surface area contributed by atoms with Crippen LogP contribution in [0.4, 0.5) is 5.69 Å². The topological polar surface area (TPSA) is 24.5 Å². The number of nitrogens with zero attached hydrogens (tertiary/aromatic N) is 1. The molecule has 0 aromatic heterocycles. The number of benzene rings is 1. The highest BCUT2D eigenvalue weighted by Crippen LogP contribution is 2.23. The van der Waals surface area contributed by atoms with Gasteiger partial charge >= 0.3 is 0 Å². The normalized spacial score (nSPS) is 16.7. The maximum Gasteiger partial charge on any atom is 0.0605 e. The molecule has 3 heteroatoms. The predicted molar refractivity (Wildman–Crippen MR) is 90.0 cm³/mol. The molecule has 1 aliphatic rings. The number of ether oxygens (including phenoxy) is 1. The molecule has 1 saturated heterocycles. The van der Waals surface area contributed by atoms with Crippen LogP contribution in [0.25, 0.3) is 0 Å². The lowest BCUT2D eigenvalue weighted by Crippen LogP contribution is -2.36. The number of piperidine rings is 1. The first-order valence-electron chi connectivity index (χ1n) is 8.18. The summed E-state index contributed by atoms with van der Waals surface area (Å²) in [4.78, 5) is 2.48. The van der Waals surface area contributed by atoms with Crippen LogP contribution >= 0.6 is 0 Å². The number of methoxy groups -OCH3 is 1. The van der Waals surface area contributed by atoms with Gasteiger partial charge in [-0.25, -0.2) is 0 Å². The number of nitrogens with one attached hydrogen (secondary N) is 1. The summed E-state index contributed by atoms with van der Waals surface area (Å²) in [5.41, 5.74) is 4.15. The Hall–Kier alpha value is -1.06. The fraction of sp³-hybridized carbons (Fsp3) is 0.667. The van der Waals surface area contributed by atoms with Crippen molar-refractivity contribution in [1.82, 2.24) is 5.32 Å². The van der Waals surface area contributed by atoms with Crippen LogP contribution in [-0.2, 0) is 11.3 Å². The van der Waals surface area contributed by atoms with Crippen molar-refractivity contribution in [1.29, 1.82) is 0 Å². The van der Waals surface area contributed by atoms with E-state index in [1.165, 1.54) is 16.8 Å². The molecule has 1 aliphatic heterocycles. The molecular weight excluding hydrogens is 260 g/mol. The predicted octanol–water partition coefficient (Wildman–Crippen LogP) is 3.36. The molecule has 1 aromatic carbocycles. The van der Waals surface area contributed by atoms with E-state index in [-0.39, 0.29) is 0 Å². The molecule has 0 unspecified atom stereocenters. The van der Waals surface area contributed by atoms with Gasteiger partial charge in [0, 0.05) is 32.4 Å². The first-order chi connectivity index (χ1) is 10.1. The van der Waals surface area contributed by atoms with E-state index in [4.69, 9.17) is 4.74 Å². The fourth-order valence-electron chi connectivity index (χ4n) is 2.92. The zero-order valence-corrected chi connectivity index (χ0v) is 14.0. The van der Waals surface area contributed by atoms with Crippen molar-refractivity contribution < 1.29 is 4.74 Å². The average molecular weight is 290 g/mol. The number of anilines is 1. The Morgan fingerprint density at radius 3 is 2.57 bits per heavy atom. The van der Waals surface area contributed by atoms with Crippen molar-refractivity contribution >= 4 is 5.69 Å². The molecule has 0 saturated carbocycles. The Morgan fingerprint density at radius 1 is 1.29 bits per heavy atom. The Labute approximate surface area is 129 Å². The molecule has 0 spiro atoms. The second-order valence-electron chi connectivity index (χ2n) is 6.56. The van der Waals surface area contributed by atoms with Crippen molar-refractivity contribution in [2.45, 2.75) is 46.3 Å². The summed E-state index contributed by atoms with van der Waals surface area (Å²) in [5, 5.41) is 3.52. The van der Waals surface area contributed by atoms with Crippen LogP contribution in [0.5, 0.6) is 0 Å². The SMILES string of the molecule is COC1CCN(c2ccc(CNCC(C)C)c(C)c2)CC1. The lowest BCUT2D eigenvalue weighted by Gasteiger charge is -2.33. The van der Waals surface area contributed by atoms with Crippen molar-refractivity contribution in [3.63, 3.8) is 0 Å². The number of hydrogen-bond donors (Lipinski definition) is 1. The lowest BCUT2D eigenvalue weighted by atomic mass is 10.0. The summed E-state index contributed by atoms with van der Waals surface area (Å²) in [6, 6.07) is 6.88. The van der Waals surface area contributed by atoms with Crippen molar-refractivity contribution in [3.8, 4) is 0 Å². The summed E-state index contributed by atoms with van der Waals surface area (Å²) < 4.78 is 5.45. The third-order valence-corrected chi connectivity index (χ3v) is 4.33. The second kappa shape index (κ2) is 7.81. The lowest BCUT2D eigenvalue weighted by molar-refractivity contribution is 0.0819. The van der Waals surface area contributed by atoms with E-state index in [0.717, 1.165) is 39.0 Å². The smallest absolute Gasteiger partial charge is 0.0605 e. The summed E-state index contributed by atoms with van der Waals surface area (Å²) in [6.45, 7) is 10.9. The summed E-state index contributed by atoms with van der Waals surface area (Å²) >= 11 is 0. The van der Waals surface area contributed by atoms with Gasteiger partial charge in [-0.3, -0.25) is 0 Å². The molecule has 1 N–H and O–H groups in total. The largest absolute Gasteiger partial charge is 0.381 e. The monoisotopic (exact) mass is 290 g/mol. The van der Waals surface area contributed by atoms with Gasteiger partial charge in [0.05, 0.1) is 6.10 Å².